The van der Waals surface area contributed by atoms with Crippen LogP contribution in [-0.4, -0.2) is 62.0 Å². The molecule has 1 heterocycles. The number of anilines is 1. The Morgan fingerprint density at radius 2 is 1.79 bits per heavy atom. The number of hydrogen-bond donors (Lipinski definition) is 2. The van der Waals surface area contributed by atoms with Crippen LogP contribution < -0.4 is 11.1 Å². The van der Waals surface area contributed by atoms with Crippen molar-refractivity contribution in [3.8, 4) is 0 Å². The van der Waals surface area contributed by atoms with Crippen molar-refractivity contribution in [1.82, 2.24) is 15.1 Å². The van der Waals surface area contributed by atoms with E-state index in [-0.39, 0.29) is 43.1 Å². The van der Waals surface area contributed by atoms with Gasteiger partial charge >= 0.3 is 0 Å². The van der Waals surface area contributed by atoms with Crippen LogP contribution in [-0.2, 0) is 0 Å². The molecule has 0 saturated carbocycles. The maximum Gasteiger partial charge on any atom is 0.251 e. The lowest BCUT2D eigenvalue weighted by atomic mass is 10.1. The van der Waals surface area contributed by atoms with E-state index in [0.29, 0.717) is 17.8 Å². The van der Waals surface area contributed by atoms with Crippen molar-refractivity contribution in [2.75, 3.05) is 52.0 Å². The van der Waals surface area contributed by atoms with Crippen LogP contribution in [0.1, 0.15) is 22.3 Å². The number of nitrogens with zero attached hydrogens (tertiary/aromatic N) is 2. The number of aryl methyl sites for hydroxylation is 1. The number of nitrogen functional groups attached to an aromatic ring is 1. The Labute approximate surface area is 163 Å². The lowest BCUT2D eigenvalue weighted by Crippen LogP contribution is -2.45. The number of nitrogens with one attached hydrogen (secondary N) is 1. The number of nitrogens with two attached hydrogens (primary N) is 1. The molecule has 1 amide bonds. The van der Waals surface area contributed by atoms with E-state index in [1.807, 2.05) is 19.1 Å². The third kappa shape index (κ3) is 7.90. The van der Waals surface area contributed by atoms with E-state index in [9.17, 15) is 4.79 Å². The van der Waals surface area contributed by atoms with Crippen LogP contribution in [0.5, 0.6) is 0 Å². The summed E-state index contributed by atoms with van der Waals surface area (Å²) < 4.78 is 0. The molecule has 5 nitrogen and oxygen atoms in total. The summed E-state index contributed by atoms with van der Waals surface area (Å²) >= 11 is 0. The number of carbonyl (C=O) groups is 1. The van der Waals surface area contributed by atoms with Gasteiger partial charge in [-0.1, -0.05) is 6.07 Å². The fraction of sp³-hybridized carbons (Fsp3) is 0.562. The fourth-order valence-electron chi connectivity index (χ4n) is 2.56. The smallest absolute Gasteiger partial charge is 0.251 e. The van der Waals surface area contributed by atoms with Gasteiger partial charge in [0.25, 0.3) is 5.91 Å². The van der Waals surface area contributed by atoms with Crippen LogP contribution in [0.3, 0.4) is 0 Å². The normalized spacial score (nSPS) is 14.8. The summed E-state index contributed by atoms with van der Waals surface area (Å²) in [5.74, 6) is -0.0295. The van der Waals surface area contributed by atoms with Gasteiger partial charge in [-0.05, 0) is 44.6 Å². The minimum absolute atomic E-state index is 0. The van der Waals surface area contributed by atoms with Gasteiger partial charge in [0, 0.05) is 44.0 Å². The van der Waals surface area contributed by atoms with Crippen molar-refractivity contribution in [3.63, 3.8) is 0 Å². The molecule has 0 bridgehead atoms. The largest absolute Gasteiger partial charge is 0.399 e. The van der Waals surface area contributed by atoms with E-state index in [1.165, 1.54) is 0 Å². The van der Waals surface area contributed by atoms with Crippen LogP contribution in [0.4, 0.5) is 5.69 Å². The van der Waals surface area contributed by atoms with Crippen LogP contribution in [0.2, 0.25) is 0 Å². The topological polar surface area (TPSA) is 61.6 Å². The summed E-state index contributed by atoms with van der Waals surface area (Å²) in [4.78, 5) is 16.9. The minimum atomic E-state index is -0.0295. The van der Waals surface area contributed by atoms with Crippen LogP contribution >= 0.6 is 37.2 Å². The highest BCUT2D eigenvalue weighted by Gasteiger charge is 2.13. The Morgan fingerprint density at radius 1 is 1.17 bits per heavy atom. The molecule has 0 aliphatic carbocycles. The molecule has 1 fully saturated rings. The van der Waals surface area contributed by atoms with Gasteiger partial charge in [0.1, 0.15) is 0 Å². The predicted molar refractivity (Wildman–Crippen MR) is 108 cm³/mol. The molecule has 24 heavy (non-hydrogen) atoms. The lowest BCUT2D eigenvalue weighted by Gasteiger charge is -2.32. The van der Waals surface area contributed by atoms with Crippen molar-refractivity contribution in [3.05, 3.63) is 29.3 Å². The van der Waals surface area contributed by atoms with Crippen molar-refractivity contribution in [2.45, 2.75) is 13.3 Å². The second kappa shape index (κ2) is 12.6. The molecular formula is C16H29Cl3N4O. The second-order valence-electron chi connectivity index (χ2n) is 5.83. The Balaban J connectivity index is 0. The SMILES string of the molecule is Cc1ccc(N)cc1C(=O)NCCCN1CCN(C)CC1.Cl.Cl.Cl. The summed E-state index contributed by atoms with van der Waals surface area (Å²) in [5.41, 5.74) is 8.00. The van der Waals surface area contributed by atoms with Crippen LogP contribution in [0.15, 0.2) is 18.2 Å². The molecule has 0 radical (unpaired) electrons. The zero-order chi connectivity index (χ0) is 15.2. The molecule has 3 N–H and O–H groups in total. The molecule has 0 aromatic heterocycles. The van der Waals surface area contributed by atoms with E-state index in [0.717, 1.165) is 44.7 Å². The average molecular weight is 400 g/mol. The highest BCUT2D eigenvalue weighted by Crippen LogP contribution is 2.12. The Hall–Kier alpha value is -0.720. The maximum atomic E-state index is 12.1. The number of halogens is 3. The third-order valence-electron chi connectivity index (χ3n) is 4.04. The van der Waals surface area contributed by atoms with Crippen molar-refractivity contribution in [2.24, 2.45) is 0 Å². The van der Waals surface area contributed by atoms with Gasteiger partial charge in [0.05, 0.1) is 0 Å². The molecule has 0 atom stereocenters. The summed E-state index contributed by atoms with van der Waals surface area (Å²) in [6.45, 7) is 8.20. The minimum Gasteiger partial charge on any atom is -0.399 e. The molecule has 1 aliphatic rings. The molecule has 140 valence electrons. The van der Waals surface area contributed by atoms with Crippen LogP contribution in [0.25, 0.3) is 0 Å². The average Bonchev–Trinajstić information content (AvgIpc) is 2.47. The van der Waals surface area contributed by atoms with Gasteiger partial charge in [-0.15, -0.1) is 37.2 Å². The predicted octanol–water partition coefficient (Wildman–Crippen LogP) is 2.21. The van der Waals surface area contributed by atoms with Gasteiger partial charge < -0.3 is 20.9 Å². The first kappa shape index (κ1) is 25.5. The number of carbonyl (C=O) groups excluding carboxylic acids is 1. The Morgan fingerprint density at radius 3 is 2.42 bits per heavy atom. The van der Waals surface area contributed by atoms with Gasteiger partial charge in [0.2, 0.25) is 0 Å². The molecule has 0 spiro atoms. The monoisotopic (exact) mass is 398 g/mol. The summed E-state index contributed by atoms with van der Waals surface area (Å²) in [6, 6.07) is 5.44. The molecule has 0 unspecified atom stereocenters. The number of piperazine rings is 1. The zero-order valence-corrected chi connectivity index (χ0v) is 16.7. The highest BCUT2D eigenvalue weighted by atomic mass is 35.5. The number of likely N-dealkylation sites (N-methyl/N-ethyl adjacent to an activating group) is 1. The van der Waals surface area contributed by atoms with Gasteiger partial charge in [-0.25, -0.2) is 0 Å². The Bertz CT molecular complexity index is 494. The molecular weight excluding hydrogens is 371 g/mol. The number of hydrogen-bond acceptors (Lipinski definition) is 4. The first-order valence-electron chi connectivity index (χ1n) is 7.61. The highest BCUT2D eigenvalue weighted by molar-refractivity contribution is 5.96. The summed E-state index contributed by atoms with van der Waals surface area (Å²) in [7, 11) is 2.16. The van der Waals surface area contributed by atoms with E-state index in [2.05, 4.69) is 22.2 Å². The Kier molecular flexibility index (Phi) is 13.4. The molecule has 2 rings (SSSR count). The number of benzene rings is 1. The van der Waals surface area contributed by atoms with Crippen molar-refractivity contribution < 1.29 is 4.79 Å². The lowest BCUT2D eigenvalue weighted by molar-refractivity contribution is 0.0949. The molecule has 8 heteroatoms. The molecule has 1 saturated heterocycles. The number of rotatable bonds is 5. The second-order valence-corrected chi connectivity index (χ2v) is 5.83. The quantitative estimate of drug-likeness (QED) is 0.588. The molecule has 1 aliphatic heterocycles. The fourth-order valence-corrected chi connectivity index (χ4v) is 2.56. The number of amides is 1. The summed E-state index contributed by atoms with van der Waals surface area (Å²) in [5, 5.41) is 2.98. The zero-order valence-electron chi connectivity index (χ0n) is 14.3. The molecule has 1 aromatic carbocycles. The van der Waals surface area contributed by atoms with Gasteiger partial charge in [0.15, 0.2) is 0 Å². The van der Waals surface area contributed by atoms with Crippen molar-refractivity contribution >= 4 is 48.8 Å². The standard InChI is InChI=1S/C16H26N4O.3ClH/c1-13-4-5-14(17)12-15(13)16(21)18-6-3-7-20-10-8-19(2)9-11-20;;;/h4-5,12H,3,6-11,17H2,1-2H3,(H,18,21);3*1H. The first-order chi connectivity index (χ1) is 10.1. The molecule has 1 aromatic rings. The van der Waals surface area contributed by atoms with Crippen molar-refractivity contribution in [1.29, 1.82) is 0 Å². The first-order valence-corrected chi connectivity index (χ1v) is 7.61. The maximum absolute atomic E-state index is 12.1. The van der Waals surface area contributed by atoms with E-state index < -0.39 is 0 Å². The van der Waals surface area contributed by atoms with E-state index in [1.54, 1.807) is 6.07 Å². The van der Waals surface area contributed by atoms with Gasteiger partial charge in [-0.3, -0.25) is 4.79 Å². The van der Waals surface area contributed by atoms with E-state index in [4.69, 9.17) is 5.73 Å². The summed E-state index contributed by atoms with van der Waals surface area (Å²) in [6.07, 6.45) is 0.983. The van der Waals surface area contributed by atoms with E-state index >= 15 is 0 Å². The third-order valence-corrected chi connectivity index (χ3v) is 4.04. The van der Waals surface area contributed by atoms with Gasteiger partial charge in [-0.2, -0.15) is 0 Å². The van der Waals surface area contributed by atoms with Crippen LogP contribution in [0, 0.1) is 6.92 Å².